The lowest BCUT2D eigenvalue weighted by atomic mass is 9.15. The monoisotopic (exact) mass is 356 g/mol. The summed E-state index contributed by atoms with van der Waals surface area (Å²) in [5, 5.41) is -5.01. The van der Waals surface area contributed by atoms with Crippen LogP contribution in [0.25, 0.3) is 0 Å². The average molecular weight is 355 g/mol. The van der Waals surface area contributed by atoms with Gasteiger partial charge in [0.25, 0.3) is 5.91 Å². The summed E-state index contributed by atoms with van der Waals surface area (Å²) in [5.74, 6) is -4.52. The minimum Gasteiger partial charge on any atom is -0.399 e. The number of amides is 3. The van der Waals surface area contributed by atoms with Crippen LogP contribution in [0.2, 0.25) is 10.4 Å². The summed E-state index contributed by atoms with van der Waals surface area (Å²) in [6, 6.07) is 0. The van der Waals surface area contributed by atoms with E-state index in [0.29, 0.717) is 4.90 Å². The Balaban J connectivity index is 2.10. The van der Waals surface area contributed by atoms with Crippen molar-refractivity contribution in [2.45, 2.75) is 21.2 Å². The number of piperidine rings is 1. The SMILES string of the molecule is [B]c1c(N)c2c(c([B])c1F)C(=O)N1C2([B])[B]C2([B])C([B])([B])C(=O)NC(=O)C12[B]. The molecule has 3 atom stereocenters. The van der Waals surface area contributed by atoms with E-state index in [1.807, 2.05) is 5.32 Å². The van der Waals surface area contributed by atoms with Crippen molar-refractivity contribution in [2.24, 2.45) is 0 Å². The second-order valence-electron chi connectivity index (χ2n) is 7.20. The summed E-state index contributed by atoms with van der Waals surface area (Å²) >= 11 is 0. The Labute approximate surface area is 169 Å². The van der Waals surface area contributed by atoms with E-state index in [-0.39, 0.29) is 5.56 Å². The molecule has 1 aromatic carbocycles. The van der Waals surface area contributed by atoms with Crippen LogP contribution in [0.3, 0.4) is 0 Å². The number of rotatable bonds is 0. The molecule has 119 valence electrons. The Bertz CT molecular complexity index is 1040. The highest BCUT2D eigenvalue weighted by molar-refractivity contribution is 6.78. The molecule has 15 heteroatoms. The number of nitrogen functional groups attached to an aromatic ring is 1. The Morgan fingerprint density at radius 3 is 2.14 bits per heavy atom. The maximum Gasteiger partial charge on any atom is 0.253 e. The lowest BCUT2D eigenvalue weighted by Gasteiger charge is -2.57. The molecule has 6 nitrogen and oxygen atoms in total. The van der Waals surface area contributed by atoms with Crippen molar-refractivity contribution < 1.29 is 18.8 Å². The number of hydrogen-bond acceptors (Lipinski definition) is 4. The molecule has 1 aromatic rings. The van der Waals surface area contributed by atoms with E-state index in [1.54, 1.807) is 0 Å². The van der Waals surface area contributed by atoms with Crippen LogP contribution >= 0.6 is 0 Å². The van der Waals surface area contributed by atoms with Gasteiger partial charge in [-0.05, 0) is 21.7 Å². The zero-order chi connectivity index (χ0) is 21.2. The minimum atomic E-state index is -2.53. The molecule has 0 aromatic heterocycles. The first-order chi connectivity index (χ1) is 12.7. The molecule has 2 fully saturated rings. The Kier molecular flexibility index (Phi) is 3.44. The lowest BCUT2D eigenvalue weighted by molar-refractivity contribution is -0.139. The molecule has 0 aliphatic carbocycles. The zero-order valence-corrected chi connectivity index (χ0v) is 14.2. The van der Waals surface area contributed by atoms with Gasteiger partial charge in [0.15, 0.2) is 0 Å². The third-order valence-corrected chi connectivity index (χ3v) is 5.80. The molecule has 3 unspecified atom stereocenters. The van der Waals surface area contributed by atoms with Crippen LogP contribution in [-0.2, 0) is 14.9 Å². The molecule has 3 N–H and O–H groups in total. The van der Waals surface area contributed by atoms with Gasteiger partial charge in [-0.2, -0.15) is 0 Å². The van der Waals surface area contributed by atoms with E-state index >= 15 is 0 Å². The van der Waals surface area contributed by atoms with Crippen LogP contribution in [0.5, 0.6) is 0 Å². The standard InChI is InChI=1S/C13H3B8FN3O3/c14-3-1-2(6(23)4(15)5(3)22)12(19)21-13(20)10(16,17)8(27)24-9(28)11(13,18)25(12)7(1)26/h23H2,(H,24,27,28). The maximum atomic E-state index is 14.3. The normalized spacial score (nSPS) is 35.0. The molecule has 3 amide bonds. The second-order valence-corrected chi connectivity index (χ2v) is 7.20. The van der Waals surface area contributed by atoms with Gasteiger partial charge in [-0.15, -0.1) is 0 Å². The van der Waals surface area contributed by atoms with Gasteiger partial charge >= 0.3 is 0 Å². The largest absolute Gasteiger partial charge is 0.399 e. The molecule has 2 saturated heterocycles. The molecule has 3 aliphatic rings. The Morgan fingerprint density at radius 1 is 1.00 bits per heavy atom. The smallest absolute Gasteiger partial charge is 0.253 e. The number of imide groups is 1. The minimum absolute atomic E-state index is 0.228. The van der Waals surface area contributed by atoms with Crippen LogP contribution in [0.4, 0.5) is 10.1 Å². The molecule has 0 spiro atoms. The van der Waals surface area contributed by atoms with E-state index in [1.165, 1.54) is 0 Å². The van der Waals surface area contributed by atoms with E-state index in [0.717, 1.165) is 7.28 Å². The van der Waals surface area contributed by atoms with Gasteiger partial charge in [-0.3, -0.25) is 19.7 Å². The quantitative estimate of drug-likeness (QED) is 0.277. The summed E-state index contributed by atoms with van der Waals surface area (Å²) in [6.07, 6.45) is 0. The molecular weight excluding hydrogens is 352 g/mol. The number of benzene rings is 1. The molecule has 3 aliphatic heterocycles. The second kappa shape index (κ2) is 4.97. The van der Waals surface area contributed by atoms with Crippen molar-refractivity contribution in [1.82, 2.24) is 10.2 Å². The van der Waals surface area contributed by atoms with Gasteiger partial charge in [-0.1, -0.05) is 5.21 Å². The highest BCUT2D eigenvalue weighted by atomic mass is 19.1. The molecule has 4 rings (SSSR count). The first-order valence-electron chi connectivity index (χ1n) is 7.86. The summed E-state index contributed by atoms with van der Waals surface area (Å²) in [4.78, 5) is 38.7. The summed E-state index contributed by atoms with van der Waals surface area (Å²) in [5.41, 5.74) is 1.10. The molecule has 0 saturated carbocycles. The van der Waals surface area contributed by atoms with E-state index in [9.17, 15) is 18.8 Å². The van der Waals surface area contributed by atoms with E-state index in [2.05, 4.69) is 0 Å². The fourth-order valence-electron chi connectivity index (χ4n) is 4.25. The summed E-state index contributed by atoms with van der Waals surface area (Å²) in [6.45, 7) is 0. The summed E-state index contributed by atoms with van der Waals surface area (Å²) in [7, 11) is 42.9. The van der Waals surface area contributed by atoms with Crippen LogP contribution < -0.4 is 22.0 Å². The fraction of sp³-hybridized carbons (Fsp3) is 0.308. The molecule has 28 heavy (non-hydrogen) atoms. The maximum absolute atomic E-state index is 14.3. The Hall–Kier alpha value is -1.92. The first kappa shape index (κ1) is 19.4. The van der Waals surface area contributed by atoms with Gasteiger partial charge < -0.3 is 10.6 Å². The van der Waals surface area contributed by atoms with Gasteiger partial charge in [0.1, 0.15) is 36.6 Å². The van der Waals surface area contributed by atoms with Crippen molar-refractivity contribution >= 4 is 96.5 Å². The number of hydrogen-bond donors (Lipinski definition) is 2. The van der Waals surface area contributed by atoms with E-state index < -0.39 is 66.9 Å². The number of anilines is 1. The third-order valence-electron chi connectivity index (χ3n) is 5.80. The predicted molar refractivity (Wildman–Crippen MR) is 105 cm³/mol. The highest BCUT2D eigenvalue weighted by Crippen LogP contribution is 2.66. The molecule has 0 bridgehead atoms. The first-order valence-corrected chi connectivity index (χ1v) is 7.86. The van der Waals surface area contributed by atoms with Crippen LogP contribution in [-0.4, -0.2) is 90.3 Å². The lowest BCUT2D eigenvalue weighted by Crippen LogP contribution is -2.73. The predicted octanol–water partition coefficient (Wildman–Crippen LogP) is -5.29. The van der Waals surface area contributed by atoms with Crippen molar-refractivity contribution in [3.05, 3.63) is 16.9 Å². The number of nitrogens with two attached hydrogens (primary N) is 1. The number of halogens is 1. The third kappa shape index (κ3) is 1.65. The highest BCUT2D eigenvalue weighted by Gasteiger charge is 2.75. The topological polar surface area (TPSA) is 92.5 Å². The molecule has 3 heterocycles. The Morgan fingerprint density at radius 2 is 1.57 bits per heavy atom. The van der Waals surface area contributed by atoms with E-state index in [4.69, 9.17) is 60.7 Å². The van der Waals surface area contributed by atoms with Crippen molar-refractivity contribution in [2.75, 3.05) is 5.73 Å². The van der Waals surface area contributed by atoms with Crippen molar-refractivity contribution in [1.29, 1.82) is 0 Å². The van der Waals surface area contributed by atoms with Gasteiger partial charge in [-0.25, -0.2) is 4.39 Å². The number of nitrogens with zero attached hydrogens (tertiary/aromatic N) is 1. The van der Waals surface area contributed by atoms with Gasteiger partial charge in [0.05, 0.1) is 36.8 Å². The average Bonchev–Trinajstić information content (AvgIpc) is 2.94. The molecular formula is C13H3B8FN3O3. The number of carbonyl (C=O) groups excluding carboxylic acids is 3. The zero-order valence-electron chi connectivity index (χ0n) is 14.2. The number of nitrogens with one attached hydrogen (secondary N) is 1. The number of carbonyl (C=O) groups is 3. The van der Waals surface area contributed by atoms with Crippen molar-refractivity contribution in [3.8, 4) is 0 Å². The van der Waals surface area contributed by atoms with Crippen molar-refractivity contribution in [3.63, 3.8) is 0 Å². The van der Waals surface area contributed by atoms with Gasteiger partial charge in [0, 0.05) is 16.6 Å². The number of fused-ring (bicyclic) bond motifs is 5. The molecule has 15 radical (unpaired) electrons. The van der Waals surface area contributed by atoms with Crippen LogP contribution in [0, 0.1) is 5.82 Å². The fourth-order valence-corrected chi connectivity index (χ4v) is 4.25. The summed E-state index contributed by atoms with van der Waals surface area (Å²) < 4.78 is 14.3. The van der Waals surface area contributed by atoms with Crippen LogP contribution in [0.1, 0.15) is 15.9 Å². The van der Waals surface area contributed by atoms with Gasteiger partial charge in [0.2, 0.25) is 11.8 Å². The van der Waals surface area contributed by atoms with Crippen LogP contribution in [0.15, 0.2) is 0 Å².